The molecule has 0 bridgehead atoms. The van der Waals surface area contributed by atoms with Gasteiger partial charge in [0.15, 0.2) is 0 Å². The Hall–Kier alpha value is -3.92. The first-order chi connectivity index (χ1) is 16.8. The third kappa shape index (κ3) is 4.97. The number of carbonyl (C=O) groups is 4. The van der Waals surface area contributed by atoms with Gasteiger partial charge in [-0.3, -0.25) is 19.4 Å². The topological polar surface area (TPSA) is 133 Å². The Bertz CT molecular complexity index is 1280. The molecule has 0 radical (unpaired) electrons. The smallest absolute Gasteiger partial charge is 0.335 e. The number of rotatable bonds is 7. The van der Waals surface area contributed by atoms with E-state index in [9.17, 15) is 24.3 Å². The Morgan fingerprint density at radius 3 is 2.54 bits per heavy atom. The molecule has 182 valence electrons. The van der Waals surface area contributed by atoms with Crippen LogP contribution in [0.4, 0.5) is 11.5 Å². The fourth-order valence-corrected chi connectivity index (χ4v) is 4.31. The first-order valence-electron chi connectivity index (χ1n) is 11.0. The predicted molar refractivity (Wildman–Crippen MR) is 128 cm³/mol. The molecule has 10 nitrogen and oxygen atoms in total. The normalized spacial score (nSPS) is 13.9. The molecule has 0 aliphatic heterocycles. The number of pyridine rings is 1. The monoisotopic (exact) mass is 498 g/mol. The van der Waals surface area contributed by atoms with Gasteiger partial charge in [-0.25, -0.2) is 14.8 Å². The lowest BCUT2D eigenvalue weighted by atomic mass is 9.88. The molecule has 11 heteroatoms. The summed E-state index contributed by atoms with van der Waals surface area (Å²) in [5, 5.41) is 14.8. The molecule has 2 N–H and O–H groups in total. The quantitative estimate of drug-likeness (QED) is 0.365. The van der Waals surface area contributed by atoms with Crippen LogP contribution in [0.5, 0.6) is 0 Å². The van der Waals surface area contributed by atoms with Gasteiger partial charge in [0.25, 0.3) is 5.91 Å². The second-order valence-electron chi connectivity index (χ2n) is 8.28. The van der Waals surface area contributed by atoms with E-state index < -0.39 is 11.9 Å². The zero-order chi connectivity index (χ0) is 25.1. The van der Waals surface area contributed by atoms with Gasteiger partial charge in [-0.05, 0) is 43.2 Å². The molecule has 0 spiro atoms. The number of furan rings is 1. The third-order valence-corrected chi connectivity index (χ3v) is 6.15. The zero-order valence-electron chi connectivity index (χ0n) is 18.9. The highest BCUT2D eigenvalue weighted by Gasteiger charge is 2.35. The lowest BCUT2D eigenvalue weighted by Crippen LogP contribution is -2.47. The molecule has 1 fully saturated rings. The van der Waals surface area contributed by atoms with Crippen LogP contribution >= 0.6 is 11.6 Å². The highest BCUT2D eigenvalue weighted by Crippen LogP contribution is 2.38. The Kier molecular flexibility index (Phi) is 7.02. The molecule has 1 saturated carbocycles. The van der Waals surface area contributed by atoms with Crippen LogP contribution in [0.1, 0.15) is 53.0 Å². The van der Waals surface area contributed by atoms with Crippen molar-refractivity contribution >= 4 is 58.3 Å². The molecule has 2 heterocycles. The summed E-state index contributed by atoms with van der Waals surface area (Å²) in [6.45, 7) is 0. The van der Waals surface area contributed by atoms with Crippen molar-refractivity contribution in [3.8, 4) is 0 Å². The van der Waals surface area contributed by atoms with Crippen LogP contribution in [0, 0.1) is 5.92 Å². The maximum Gasteiger partial charge on any atom is 0.335 e. The molecule has 0 unspecified atom stereocenters. The van der Waals surface area contributed by atoms with E-state index in [1.807, 2.05) is 0 Å². The molecule has 0 atom stereocenters. The molecular formula is C24H23ClN4O6. The Morgan fingerprint density at radius 1 is 1.17 bits per heavy atom. The fraction of sp³-hybridized carbons (Fsp3) is 0.292. The molecule has 3 aromatic rings. The lowest BCUT2D eigenvalue weighted by molar-refractivity contribution is -0.130. The summed E-state index contributed by atoms with van der Waals surface area (Å²) in [7, 11) is 1.38. The van der Waals surface area contributed by atoms with E-state index in [4.69, 9.17) is 16.0 Å². The number of halogens is 1. The van der Waals surface area contributed by atoms with Gasteiger partial charge in [0, 0.05) is 24.5 Å². The van der Waals surface area contributed by atoms with E-state index in [1.165, 1.54) is 37.5 Å². The Balaban J connectivity index is 1.87. The van der Waals surface area contributed by atoms with Crippen molar-refractivity contribution in [2.24, 2.45) is 5.92 Å². The maximum absolute atomic E-state index is 13.6. The summed E-state index contributed by atoms with van der Waals surface area (Å²) >= 11 is 5.86. The third-order valence-electron chi connectivity index (χ3n) is 5.93. The number of fused-ring (bicyclic) bond motifs is 1. The van der Waals surface area contributed by atoms with Crippen LogP contribution in [0.15, 0.2) is 40.9 Å². The van der Waals surface area contributed by atoms with E-state index in [2.05, 4.69) is 10.3 Å². The number of aromatic nitrogens is 1. The standard InChI is InChI=1S/C24H23ClN4O6/c1-28(13-30)29(23(32)14-5-3-2-4-6-14)20-17-11-15(24(33)34)7-9-18(17)35-21(20)22(31)27-19-10-8-16(25)12-26-19/h7-14H,2-6H2,1H3,(H,33,34)(H,26,27,31). The summed E-state index contributed by atoms with van der Waals surface area (Å²) in [5.41, 5.74) is 0.101. The SMILES string of the molecule is CN(C=O)N(C(=O)C1CCCCC1)c1c(C(=O)Nc2ccc(Cl)cn2)oc2ccc(C(=O)O)cc12. The number of hydrogen-bond donors (Lipinski definition) is 2. The molecule has 2 aromatic heterocycles. The van der Waals surface area contributed by atoms with Crippen molar-refractivity contribution in [2.75, 3.05) is 17.4 Å². The van der Waals surface area contributed by atoms with Crippen molar-refractivity contribution in [1.29, 1.82) is 0 Å². The maximum atomic E-state index is 13.6. The van der Waals surface area contributed by atoms with Crippen molar-refractivity contribution in [3.05, 3.63) is 52.9 Å². The van der Waals surface area contributed by atoms with Crippen molar-refractivity contribution in [2.45, 2.75) is 32.1 Å². The van der Waals surface area contributed by atoms with Crippen molar-refractivity contribution < 1.29 is 28.7 Å². The first-order valence-corrected chi connectivity index (χ1v) is 11.4. The zero-order valence-corrected chi connectivity index (χ0v) is 19.6. The largest absolute Gasteiger partial charge is 0.478 e. The van der Waals surface area contributed by atoms with Crippen LogP contribution in [0.25, 0.3) is 11.0 Å². The van der Waals surface area contributed by atoms with Gasteiger partial charge in [-0.2, -0.15) is 0 Å². The van der Waals surface area contributed by atoms with Gasteiger partial charge in [-0.15, -0.1) is 0 Å². The van der Waals surface area contributed by atoms with E-state index in [0.717, 1.165) is 29.3 Å². The average Bonchev–Trinajstić information content (AvgIpc) is 3.24. The highest BCUT2D eigenvalue weighted by molar-refractivity contribution is 6.30. The minimum atomic E-state index is -1.19. The second-order valence-corrected chi connectivity index (χ2v) is 8.71. The van der Waals surface area contributed by atoms with Crippen LogP contribution < -0.4 is 10.3 Å². The number of hydrazine groups is 1. The van der Waals surface area contributed by atoms with Crippen LogP contribution in [-0.4, -0.2) is 46.3 Å². The number of amides is 3. The van der Waals surface area contributed by atoms with E-state index in [0.29, 0.717) is 24.3 Å². The molecule has 1 aliphatic carbocycles. The van der Waals surface area contributed by atoms with Gasteiger partial charge in [0.05, 0.1) is 10.6 Å². The Labute approximate surface area is 205 Å². The van der Waals surface area contributed by atoms with Gasteiger partial charge >= 0.3 is 5.97 Å². The summed E-state index contributed by atoms with van der Waals surface area (Å²) < 4.78 is 5.81. The van der Waals surface area contributed by atoms with E-state index in [-0.39, 0.29) is 45.6 Å². The molecule has 1 aliphatic rings. The fourth-order valence-electron chi connectivity index (χ4n) is 4.20. The summed E-state index contributed by atoms with van der Waals surface area (Å²) in [4.78, 5) is 54.4. The summed E-state index contributed by atoms with van der Waals surface area (Å²) in [6.07, 6.45) is 5.87. The first kappa shape index (κ1) is 24.2. The van der Waals surface area contributed by atoms with Gasteiger partial charge in [0.1, 0.15) is 17.1 Å². The highest BCUT2D eigenvalue weighted by atomic mass is 35.5. The Morgan fingerprint density at radius 2 is 1.91 bits per heavy atom. The molecule has 3 amide bonds. The summed E-state index contributed by atoms with van der Waals surface area (Å²) in [6, 6.07) is 7.09. The number of carboxylic acids is 1. The van der Waals surface area contributed by atoms with Gasteiger partial charge in [0.2, 0.25) is 18.1 Å². The van der Waals surface area contributed by atoms with Gasteiger partial charge in [-0.1, -0.05) is 30.9 Å². The number of carbonyl (C=O) groups excluding carboxylic acids is 3. The molecule has 4 rings (SSSR count). The number of nitrogens with zero attached hydrogens (tertiary/aromatic N) is 3. The number of hydrogen-bond acceptors (Lipinski definition) is 6. The molecule has 1 aromatic carbocycles. The minimum absolute atomic E-state index is 0.0141. The summed E-state index contributed by atoms with van der Waals surface area (Å²) in [5.74, 6) is -2.73. The molecular weight excluding hydrogens is 476 g/mol. The van der Waals surface area contributed by atoms with Crippen molar-refractivity contribution in [3.63, 3.8) is 0 Å². The number of aromatic carboxylic acids is 1. The predicted octanol–water partition coefficient (Wildman–Crippen LogP) is 4.35. The van der Waals surface area contributed by atoms with Crippen LogP contribution in [0.2, 0.25) is 5.02 Å². The molecule has 35 heavy (non-hydrogen) atoms. The van der Waals surface area contributed by atoms with Crippen molar-refractivity contribution in [1.82, 2.24) is 9.99 Å². The average molecular weight is 499 g/mol. The van der Waals surface area contributed by atoms with Crippen LogP contribution in [0.3, 0.4) is 0 Å². The number of nitrogens with one attached hydrogen (secondary N) is 1. The number of carboxylic acid groups (broad SMARTS) is 1. The minimum Gasteiger partial charge on any atom is -0.478 e. The van der Waals surface area contributed by atoms with E-state index >= 15 is 0 Å². The van der Waals surface area contributed by atoms with Crippen LogP contribution in [-0.2, 0) is 9.59 Å². The van der Waals surface area contributed by atoms with Gasteiger partial charge < -0.3 is 14.8 Å². The lowest BCUT2D eigenvalue weighted by Gasteiger charge is -2.33. The second kappa shape index (κ2) is 10.1. The number of benzene rings is 1. The van der Waals surface area contributed by atoms with E-state index in [1.54, 1.807) is 6.07 Å². The number of anilines is 2. The molecule has 0 saturated heterocycles.